The van der Waals surface area contributed by atoms with Crippen molar-refractivity contribution in [1.29, 1.82) is 0 Å². The standard InChI is InChI=1S/C35H33N3O3/c39-34-32(30-19-16-28(22-31(30)37-34)35(40)41-24-26-10-4-1-5-11-26)33(27-12-6-2-7-13-27)36-29-17-14-25(15-18-29)23-38-20-8-3-9-21-38/h1-2,4-7,10-19,22,37,39H,3,8-9,20-21,23-24H2. The average Bonchev–Trinajstić information content (AvgIpc) is 3.35. The Hall–Kier alpha value is -4.68. The van der Waals surface area contributed by atoms with Crippen molar-refractivity contribution >= 4 is 28.3 Å². The van der Waals surface area contributed by atoms with E-state index in [1.807, 2.05) is 78.9 Å². The number of piperidine rings is 1. The highest BCUT2D eigenvalue weighted by molar-refractivity contribution is 6.22. The lowest BCUT2D eigenvalue weighted by atomic mass is 10.00. The number of fused-ring (bicyclic) bond motifs is 1. The molecule has 1 aliphatic heterocycles. The van der Waals surface area contributed by atoms with Crippen molar-refractivity contribution in [2.75, 3.05) is 13.1 Å². The molecule has 0 saturated carbocycles. The number of likely N-dealkylation sites (tertiary alicyclic amines) is 1. The van der Waals surface area contributed by atoms with Crippen molar-refractivity contribution in [1.82, 2.24) is 9.88 Å². The number of carbonyl (C=O) groups excluding carboxylic acids is 1. The van der Waals surface area contributed by atoms with Gasteiger partial charge < -0.3 is 14.8 Å². The van der Waals surface area contributed by atoms with Gasteiger partial charge in [0.2, 0.25) is 0 Å². The zero-order valence-corrected chi connectivity index (χ0v) is 22.9. The van der Waals surface area contributed by atoms with Crippen LogP contribution in [0.25, 0.3) is 10.9 Å². The van der Waals surface area contributed by atoms with Gasteiger partial charge in [-0.1, -0.05) is 85.3 Å². The molecule has 1 saturated heterocycles. The molecule has 6 nitrogen and oxygen atoms in total. The number of hydrogen-bond donors (Lipinski definition) is 2. The minimum absolute atomic E-state index is 0.000811. The van der Waals surface area contributed by atoms with Crippen molar-refractivity contribution in [3.63, 3.8) is 0 Å². The van der Waals surface area contributed by atoms with E-state index in [0.29, 0.717) is 22.4 Å². The topological polar surface area (TPSA) is 77.9 Å². The van der Waals surface area contributed by atoms with E-state index >= 15 is 0 Å². The number of ether oxygens (including phenoxy) is 1. The van der Waals surface area contributed by atoms with Gasteiger partial charge in [0.15, 0.2) is 5.88 Å². The van der Waals surface area contributed by atoms with Crippen LogP contribution in [-0.2, 0) is 17.9 Å². The monoisotopic (exact) mass is 543 g/mol. The van der Waals surface area contributed by atoms with Gasteiger partial charge in [-0.15, -0.1) is 0 Å². The first-order valence-electron chi connectivity index (χ1n) is 14.2. The van der Waals surface area contributed by atoms with Crippen LogP contribution in [0.15, 0.2) is 108 Å². The molecule has 6 heteroatoms. The molecular weight excluding hydrogens is 510 g/mol. The van der Waals surface area contributed by atoms with Gasteiger partial charge in [-0.05, 0) is 61.3 Å². The first-order chi connectivity index (χ1) is 20.1. The van der Waals surface area contributed by atoms with Crippen molar-refractivity contribution in [2.45, 2.75) is 32.4 Å². The number of H-pyrrole nitrogens is 1. The molecule has 0 spiro atoms. The quantitative estimate of drug-likeness (QED) is 0.158. The summed E-state index contributed by atoms with van der Waals surface area (Å²) in [5.41, 5.74) is 6.16. The lowest BCUT2D eigenvalue weighted by molar-refractivity contribution is 0.0473. The van der Waals surface area contributed by atoms with Gasteiger partial charge in [-0.3, -0.25) is 4.90 Å². The zero-order valence-electron chi connectivity index (χ0n) is 22.9. The molecule has 206 valence electrons. The summed E-state index contributed by atoms with van der Waals surface area (Å²) >= 11 is 0. The van der Waals surface area contributed by atoms with E-state index in [1.165, 1.54) is 24.8 Å². The van der Waals surface area contributed by atoms with Crippen molar-refractivity contribution in [2.24, 2.45) is 4.99 Å². The molecule has 6 rings (SSSR count). The maximum absolute atomic E-state index is 12.8. The largest absolute Gasteiger partial charge is 0.494 e. The number of hydrogen-bond acceptors (Lipinski definition) is 5. The van der Waals surface area contributed by atoms with Gasteiger partial charge >= 0.3 is 5.97 Å². The number of aromatic hydroxyl groups is 1. The molecule has 1 aliphatic rings. The van der Waals surface area contributed by atoms with Crippen LogP contribution >= 0.6 is 0 Å². The number of rotatable bonds is 8. The van der Waals surface area contributed by atoms with Crippen LogP contribution in [0.2, 0.25) is 0 Å². The molecule has 0 radical (unpaired) electrons. The summed E-state index contributed by atoms with van der Waals surface area (Å²) in [6.07, 6.45) is 3.87. The number of aliphatic imine (C=N–C) groups is 1. The number of carbonyl (C=O) groups is 1. The Balaban J connectivity index is 1.29. The molecular formula is C35H33N3O3. The van der Waals surface area contributed by atoms with Crippen LogP contribution < -0.4 is 0 Å². The maximum Gasteiger partial charge on any atom is 0.338 e. The molecule has 5 aromatic rings. The fraction of sp³-hybridized carbons (Fsp3) is 0.200. The number of aromatic nitrogens is 1. The van der Waals surface area contributed by atoms with Crippen LogP contribution in [0.1, 0.15) is 51.9 Å². The fourth-order valence-corrected chi connectivity index (χ4v) is 5.40. The number of aromatic amines is 1. The van der Waals surface area contributed by atoms with Crippen LogP contribution in [0, 0.1) is 0 Å². The van der Waals surface area contributed by atoms with Crippen molar-refractivity contribution < 1.29 is 14.6 Å². The molecule has 1 aromatic heterocycles. The Morgan fingerprint density at radius 3 is 2.24 bits per heavy atom. The Labute approximate surface area is 239 Å². The number of esters is 1. The predicted octanol–water partition coefficient (Wildman–Crippen LogP) is 7.39. The summed E-state index contributed by atoms with van der Waals surface area (Å²) in [5.74, 6) is -0.424. The normalized spacial score (nSPS) is 14.3. The molecule has 0 amide bonds. The number of nitrogens with zero attached hydrogens (tertiary/aromatic N) is 2. The van der Waals surface area contributed by atoms with Gasteiger partial charge in [0, 0.05) is 23.0 Å². The molecule has 2 heterocycles. The lowest BCUT2D eigenvalue weighted by Crippen LogP contribution is -2.28. The summed E-state index contributed by atoms with van der Waals surface area (Å²) in [4.78, 5) is 23.4. The summed E-state index contributed by atoms with van der Waals surface area (Å²) in [6.45, 7) is 3.46. The zero-order chi connectivity index (χ0) is 28.0. The SMILES string of the molecule is O=C(OCc1ccccc1)c1ccc2c(C(=Nc3ccc(CN4CCCCC4)cc3)c3ccccc3)c(O)[nH]c2c1. The Morgan fingerprint density at radius 2 is 1.51 bits per heavy atom. The molecule has 0 unspecified atom stereocenters. The first kappa shape index (κ1) is 26.5. The van der Waals surface area contributed by atoms with E-state index in [9.17, 15) is 9.90 Å². The number of benzene rings is 4. The van der Waals surface area contributed by atoms with Gasteiger partial charge in [0.05, 0.1) is 22.5 Å². The highest BCUT2D eigenvalue weighted by atomic mass is 16.5. The predicted molar refractivity (Wildman–Crippen MR) is 163 cm³/mol. The van der Waals surface area contributed by atoms with E-state index in [2.05, 4.69) is 22.0 Å². The van der Waals surface area contributed by atoms with Gasteiger partial charge in [-0.25, -0.2) is 9.79 Å². The van der Waals surface area contributed by atoms with Gasteiger partial charge in [0.1, 0.15) is 6.61 Å². The summed E-state index contributed by atoms with van der Waals surface area (Å²) in [5, 5.41) is 11.9. The minimum atomic E-state index is -0.423. The molecule has 0 bridgehead atoms. The third kappa shape index (κ3) is 6.23. The summed E-state index contributed by atoms with van der Waals surface area (Å²) in [6, 6.07) is 33.0. The van der Waals surface area contributed by atoms with Crippen LogP contribution in [0.5, 0.6) is 5.88 Å². The minimum Gasteiger partial charge on any atom is -0.494 e. The van der Waals surface area contributed by atoms with Crippen molar-refractivity contribution in [3.05, 3.63) is 131 Å². The average molecular weight is 544 g/mol. The second-order valence-corrected chi connectivity index (χ2v) is 10.5. The van der Waals surface area contributed by atoms with Gasteiger partial charge in [0.25, 0.3) is 0 Å². The van der Waals surface area contributed by atoms with E-state index in [0.717, 1.165) is 41.8 Å². The third-order valence-corrected chi connectivity index (χ3v) is 7.54. The second kappa shape index (κ2) is 12.2. The van der Waals surface area contributed by atoms with E-state index in [1.54, 1.807) is 12.1 Å². The number of nitrogens with one attached hydrogen (secondary N) is 1. The Kier molecular flexibility index (Phi) is 7.92. The van der Waals surface area contributed by atoms with Gasteiger partial charge in [-0.2, -0.15) is 0 Å². The Bertz CT molecular complexity index is 1650. The third-order valence-electron chi connectivity index (χ3n) is 7.54. The Morgan fingerprint density at radius 1 is 0.805 bits per heavy atom. The van der Waals surface area contributed by atoms with Crippen LogP contribution in [-0.4, -0.2) is 39.8 Å². The molecule has 0 aliphatic carbocycles. The van der Waals surface area contributed by atoms with Crippen molar-refractivity contribution in [3.8, 4) is 5.88 Å². The molecule has 4 aromatic carbocycles. The molecule has 41 heavy (non-hydrogen) atoms. The summed E-state index contributed by atoms with van der Waals surface area (Å²) in [7, 11) is 0. The van der Waals surface area contributed by atoms with E-state index in [4.69, 9.17) is 9.73 Å². The van der Waals surface area contributed by atoms with E-state index < -0.39 is 5.97 Å². The smallest absolute Gasteiger partial charge is 0.338 e. The van der Waals surface area contributed by atoms with Crippen LogP contribution in [0.4, 0.5) is 5.69 Å². The van der Waals surface area contributed by atoms with E-state index in [-0.39, 0.29) is 12.5 Å². The lowest BCUT2D eigenvalue weighted by Gasteiger charge is -2.26. The first-order valence-corrected chi connectivity index (χ1v) is 14.2. The highest BCUT2D eigenvalue weighted by Gasteiger charge is 2.20. The highest BCUT2D eigenvalue weighted by Crippen LogP contribution is 2.32. The second-order valence-electron chi connectivity index (χ2n) is 10.5. The summed E-state index contributed by atoms with van der Waals surface area (Å²) < 4.78 is 5.51. The molecule has 2 N–H and O–H groups in total. The molecule has 0 atom stereocenters. The maximum atomic E-state index is 12.8. The fourth-order valence-electron chi connectivity index (χ4n) is 5.40. The van der Waals surface area contributed by atoms with Crippen LogP contribution in [0.3, 0.4) is 0 Å². The molecule has 1 fully saturated rings.